The third kappa shape index (κ3) is 3.90. The first kappa shape index (κ1) is 17.4. The lowest BCUT2D eigenvalue weighted by Crippen LogP contribution is -2.26. The second-order valence-corrected chi connectivity index (χ2v) is 6.19. The minimum absolute atomic E-state index is 0.147. The van der Waals surface area contributed by atoms with Gasteiger partial charge in [0.05, 0.1) is 31.6 Å². The van der Waals surface area contributed by atoms with Crippen molar-refractivity contribution in [3.63, 3.8) is 0 Å². The number of ether oxygens (including phenoxy) is 3. The summed E-state index contributed by atoms with van der Waals surface area (Å²) in [6, 6.07) is 4.78. The van der Waals surface area contributed by atoms with Crippen LogP contribution in [0, 0.1) is 5.82 Å². The quantitative estimate of drug-likeness (QED) is 0.805. The van der Waals surface area contributed by atoms with Crippen molar-refractivity contribution >= 4 is 17.4 Å². The number of amides is 1. The number of aromatic nitrogens is 2. The number of carbonyl (C=O) groups is 1. The average Bonchev–Trinajstić information content (AvgIpc) is 3.08. The van der Waals surface area contributed by atoms with Crippen molar-refractivity contribution < 1.29 is 23.4 Å². The first-order valence-electron chi connectivity index (χ1n) is 8.64. The maximum absolute atomic E-state index is 14.6. The number of hydrogen-bond acceptors (Lipinski definition) is 6. The summed E-state index contributed by atoms with van der Waals surface area (Å²) >= 11 is 0. The van der Waals surface area contributed by atoms with E-state index in [1.54, 1.807) is 18.3 Å². The molecule has 140 valence electrons. The third-order valence-electron chi connectivity index (χ3n) is 4.40. The molecule has 1 aromatic heterocycles. The van der Waals surface area contributed by atoms with E-state index in [1.807, 2.05) is 6.08 Å². The molecule has 0 radical (unpaired) electrons. The molecule has 1 amide bonds. The zero-order valence-corrected chi connectivity index (χ0v) is 14.5. The van der Waals surface area contributed by atoms with E-state index in [2.05, 4.69) is 9.97 Å². The molecule has 2 aliphatic heterocycles. The van der Waals surface area contributed by atoms with Crippen molar-refractivity contribution in [3.05, 3.63) is 54.2 Å². The van der Waals surface area contributed by atoms with Crippen LogP contribution in [0.4, 0.5) is 14.9 Å². The number of cyclic esters (lactones) is 1. The van der Waals surface area contributed by atoms with Gasteiger partial charge in [-0.2, -0.15) is 0 Å². The molecule has 3 heterocycles. The lowest BCUT2D eigenvalue weighted by atomic mass is 10.0. The number of carbonyl (C=O) groups excluding carboxylic acids is 1. The molecule has 1 saturated heterocycles. The number of rotatable bonds is 5. The normalized spacial score (nSPS) is 19.6. The molecule has 1 atom stereocenters. The summed E-state index contributed by atoms with van der Waals surface area (Å²) in [5.74, 6) is -0.0140. The molecular formula is C19H18FN3O4. The topological polar surface area (TPSA) is 73.8 Å². The molecule has 8 heteroatoms. The molecule has 0 bridgehead atoms. The van der Waals surface area contributed by atoms with Gasteiger partial charge in [-0.1, -0.05) is 6.08 Å². The van der Waals surface area contributed by atoms with Crippen LogP contribution in [0.1, 0.15) is 12.0 Å². The zero-order valence-electron chi connectivity index (χ0n) is 14.5. The predicted octanol–water partition coefficient (Wildman–Crippen LogP) is 2.82. The van der Waals surface area contributed by atoms with Gasteiger partial charge in [-0.05, 0) is 30.2 Å². The van der Waals surface area contributed by atoms with Crippen LogP contribution in [0.2, 0.25) is 0 Å². The Morgan fingerprint density at radius 1 is 1.33 bits per heavy atom. The highest BCUT2D eigenvalue weighted by Gasteiger charge is 2.33. The number of nitrogens with zero attached hydrogens (tertiary/aromatic N) is 3. The van der Waals surface area contributed by atoms with Crippen LogP contribution in [0.15, 0.2) is 42.9 Å². The SMILES string of the molecule is O=C1O[C@@H](COc2cnccn2)CN1c1ccc(C2=CCOCC2)c(F)c1. The van der Waals surface area contributed by atoms with Gasteiger partial charge in [0.15, 0.2) is 6.10 Å². The van der Waals surface area contributed by atoms with E-state index in [0.29, 0.717) is 36.8 Å². The molecule has 0 spiro atoms. The minimum atomic E-state index is -0.528. The van der Waals surface area contributed by atoms with E-state index < -0.39 is 12.2 Å². The van der Waals surface area contributed by atoms with Crippen molar-refractivity contribution in [2.75, 3.05) is 31.3 Å². The van der Waals surface area contributed by atoms with Gasteiger partial charge in [-0.15, -0.1) is 0 Å². The second-order valence-electron chi connectivity index (χ2n) is 6.19. The van der Waals surface area contributed by atoms with Crippen LogP contribution in [-0.2, 0) is 9.47 Å². The maximum atomic E-state index is 14.6. The largest absolute Gasteiger partial charge is 0.473 e. The lowest BCUT2D eigenvalue weighted by Gasteiger charge is -2.17. The van der Waals surface area contributed by atoms with Gasteiger partial charge < -0.3 is 14.2 Å². The minimum Gasteiger partial charge on any atom is -0.473 e. The van der Waals surface area contributed by atoms with Crippen LogP contribution < -0.4 is 9.64 Å². The number of anilines is 1. The van der Waals surface area contributed by atoms with E-state index >= 15 is 0 Å². The Morgan fingerprint density at radius 2 is 2.26 bits per heavy atom. The Balaban J connectivity index is 1.43. The lowest BCUT2D eigenvalue weighted by molar-refractivity contribution is 0.103. The molecular weight excluding hydrogens is 353 g/mol. The fourth-order valence-corrected chi connectivity index (χ4v) is 3.06. The molecule has 2 aliphatic rings. The Morgan fingerprint density at radius 3 is 3.00 bits per heavy atom. The Kier molecular flexibility index (Phi) is 4.97. The highest BCUT2D eigenvalue weighted by Crippen LogP contribution is 2.29. The third-order valence-corrected chi connectivity index (χ3v) is 4.40. The average molecular weight is 371 g/mol. The molecule has 4 rings (SSSR count). The van der Waals surface area contributed by atoms with Crippen LogP contribution in [0.25, 0.3) is 5.57 Å². The Bertz CT molecular complexity index is 859. The highest BCUT2D eigenvalue weighted by atomic mass is 19.1. The van der Waals surface area contributed by atoms with Gasteiger partial charge in [-0.25, -0.2) is 14.2 Å². The van der Waals surface area contributed by atoms with E-state index in [-0.39, 0.29) is 19.0 Å². The van der Waals surface area contributed by atoms with Gasteiger partial charge in [0.1, 0.15) is 12.4 Å². The summed E-state index contributed by atoms with van der Waals surface area (Å²) in [6.45, 7) is 1.49. The van der Waals surface area contributed by atoms with E-state index in [9.17, 15) is 9.18 Å². The fourth-order valence-electron chi connectivity index (χ4n) is 3.06. The Hall–Kier alpha value is -3.00. The van der Waals surface area contributed by atoms with Crippen LogP contribution in [0.3, 0.4) is 0 Å². The van der Waals surface area contributed by atoms with Gasteiger partial charge in [-0.3, -0.25) is 9.88 Å². The van der Waals surface area contributed by atoms with E-state index in [0.717, 1.165) is 5.57 Å². The molecule has 1 fully saturated rings. The summed E-state index contributed by atoms with van der Waals surface area (Å²) in [6.07, 6.45) is 6.09. The first-order valence-corrected chi connectivity index (χ1v) is 8.64. The highest BCUT2D eigenvalue weighted by molar-refractivity contribution is 5.90. The summed E-state index contributed by atoms with van der Waals surface area (Å²) in [5.41, 5.74) is 1.91. The van der Waals surface area contributed by atoms with Crippen LogP contribution in [0.5, 0.6) is 5.88 Å². The van der Waals surface area contributed by atoms with E-state index in [4.69, 9.17) is 14.2 Å². The van der Waals surface area contributed by atoms with E-state index in [1.165, 1.54) is 23.4 Å². The van der Waals surface area contributed by atoms with Crippen LogP contribution in [-0.4, -0.2) is 48.5 Å². The van der Waals surface area contributed by atoms with Gasteiger partial charge in [0, 0.05) is 18.0 Å². The molecule has 0 unspecified atom stereocenters. The zero-order chi connectivity index (χ0) is 18.6. The predicted molar refractivity (Wildman–Crippen MR) is 95.0 cm³/mol. The Labute approximate surface area is 155 Å². The molecule has 0 N–H and O–H groups in total. The van der Waals surface area contributed by atoms with Gasteiger partial charge in [0.2, 0.25) is 5.88 Å². The van der Waals surface area contributed by atoms with Gasteiger partial charge >= 0.3 is 6.09 Å². The van der Waals surface area contributed by atoms with Crippen molar-refractivity contribution in [1.82, 2.24) is 9.97 Å². The standard InChI is InChI=1S/C19H18FN3O4/c20-17-9-14(1-2-16(17)13-3-7-25-8-4-13)23-11-15(27-19(23)24)12-26-18-10-21-5-6-22-18/h1-3,5-6,9-10,15H,4,7-8,11-12H2/t15-/m1/s1. The summed E-state index contributed by atoms with van der Waals surface area (Å²) in [7, 11) is 0. The molecule has 2 aromatic rings. The van der Waals surface area contributed by atoms with Crippen LogP contribution >= 0.6 is 0 Å². The molecule has 0 saturated carbocycles. The maximum Gasteiger partial charge on any atom is 0.414 e. The molecule has 7 nitrogen and oxygen atoms in total. The van der Waals surface area contributed by atoms with Crippen molar-refractivity contribution in [1.29, 1.82) is 0 Å². The first-order chi connectivity index (χ1) is 13.2. The number of halogens is 1. The molecule has 1 aromatic carbocycles. The van der Waals surface area contributed by atoms with Gasteiger partial charge in [0.25, 0.3) is 0 Å². The fraction of sp³-hybridized carbons (Fsp3) is 0.316. The molecule has 0 aliphatic carbocycles. The number of benzene rings is 1. The monoisotopic (exact) mass is 371 g/mol. The number of hydrogen-bond donors (Lipinski definition) is 0. The summed E-state index contributed by atoms with van der Waals surface area (Å²) < 4.78 is 30.6. The van der Waals surface area contributed by atoms with Crippen molar-refractivity contribution in [2.45, 2.75) is 12.5 Å². The van der Waals surface area contributed by atoms with Crippen molar-refractivity contribution in [3.8, 4) is 5.88 Å². The summed E-state index contributed by atoms with van der Waals surface area (Å²) in [4.78, 5) is 21.5. The molecule has 27 heavy (non-hydrogen) atoms. The summed E-state index contributed by atoms with van der Waals surface area (Å²) in [5, 5.41) is 0. The smallest absolute Gasteiger partial charge is 0.414 e. The second kappa shape index (κ2) is 7.71. The van der Waals surface area contributed by atoms with Crippen molar-refractivity contribution in [2.24, 2.45) is 0 Å².